The lowest BCUT2D eigenvalue weighted by atomic mass is 10.0. The molecule has 1 aliphatic rings. The van der Waals surface area contributed by atoms with Gasteiger partial charge in [-0.2, -0.15) is 5.10 Å². The fourth-order valence-corrected chi connectivity index (χ4v) is 4.60. The largest absolute Gasteiger partial charge is 0.377 e. The normalized spacial score (nSPS) is 14.2. The smallest absolute Gasteiger partial charge is 0.286 e. The van der Waals surface area contributed by atoms with E-state index in [1.54, 1.807) is 35.0 Å². The Kier molecular flexibility index (Phi) is 7.68. The van der Waals surface area contributed by atoms with Gasteiger partial charge in [0, 0.05) is 41.9 Å². The van der Waals surface area contributed by atoms with Gasteiger partial charge in [-0.05, 0) is 38.0 Å². The van der Waals surface area contributed by atoms with Crippen LogP contribution in [0.3, 0.4) is 0 Å². The molecule has 1 amide bonds. The van der Waals surface area contributed by atoms with Gasteiger partial charge in [0.1, 0.15) is 6.61 Å². The molecule has 0 spiro atoms. The highest BCUT2D eigenvalue weighted by atomic mass is 35.5. The van der Waals surface area contributed by atoms with Crippen molar-refractivity contribution in [3.63, 3.8) is 0 Å². The maximum absolute atomic E-state index is 13.2. The number of nitrogens with one attached hydrogen (secondary N) is 1. The maximum atomic E-state index is 13.2. The van der Waals surface area contributed by atoms with E-state index >= 15 is 0 Å². The number of amides is 1. The summed E-state index contributed by atoms with van der Waals surface area (Å²) in [6.45, 7) is 3.51. The van der Waals surface area contributed by atoms with Crippen LogP contribution in [-0.2, 0) is 4.74 Å². The highest BCUT2D eigenvalue weighted by Crippen LogP contribution is 2.33. The number of Topliss-reactive ketones (excluding diaryl/α,β-unsaturated/α-hetero) is 1. The summed E-state index contributed by atoms with van der Waals surface area (Å²) in [6, 6.07) is 12.3. The number of methoxy groups -OCH3 is 1. The van der Waals surface area contributed by atoms with E-state index in [-0.39, 0.29) is 18.3 Å². The van der Waals surface area contributed by atoms with Gasteiger partial charge in [-0.3, -0.25) is 15.0 Å². The van der Waals surface area contributed by atoms with Gasteiger partial charge in [-0.25, -0.2) is 9.69 Å². The van der Waals surface area contributed by atoms with E-state index in [0.29, 0.717) is 38.2 Å². The second-order valence-corrected chi connectivity index (χ2v) is 9.10. The van der Waals surface area contributed by atoms with Gasteiger partial charge in [0.25, 0.3) is 5.91 Å². The van der Waals surface area contributed by atoms with Crippen LogP contribution in [0, 0.1) is 6.92 Å². The highest BCUT2D eigenvalue weighted by Gasteiger charge is 2.25. The number of piperidine rings is 1. The number of nitrogens with zero attached hydrogens (tertiary/aromatic N) is 3. The number of ether oxygens (including phenoxy) is 1. The third-order valence-electron chi connectivity index (χ3n) is 5.85. The molecule has 34 heavy (non-hydrogen) atoms. The van der Waals surface area contributed by atoms with Crippen molar-refractivity contribution in [3.8, 4) is 16.9 Å². The monoisotopic (exact) mass is 500 g/mol. The van der Waals surface area contributed by atoms with E-state index < -0.39 is 0 Å². The van der Waals surface area contributed by atoms with E-state index in [1.165, 1.54) is 13.5 Å². The Morgan fingerprint density at radius 2 is 1.76 bits per heavy atom. The van der Waals surface area contributed by atoms with E-state index in [2.05, 4.69) is 10.5 Å². The lowest BCUT2D eigenvalue weighted by Gasteiger charge is -2.26. The summed E-state index contributed by atoms with van der Waals surface area (Å²) in [5.74, 6) is -0.377. The Morgan fingerprint density at radius 1 is 1.06 bits per heavy atom. The Balaban J connectivity index is 1.77. The van der Waals surface area contributed by atoms with Crippen molar-refractivity contribution in [1.82, 2.24) is 20.2 Å². The zero-order valence-electron chi connectivity index (χ0n) is 19.1. The van der Waals surface area contributed by atoms with Crippen LogP contribution in [0.1, 0.15) is 45.7 Å². The van der Waals surface area contributed by atoms with Crippen molar-refractivity contribution in [2.24, 2.45) is 0 Å². The van der Waals surface area contributed by atoms with E-state index in [4.69, 9.17) is 27.9 Å². The number of benzene rings is 2. The molecule has 178 valence electrons. The Bertz CT molecular complexity index is 1200. The minimum Gasteiger partial charge on any atom is -0.377 e. The van der Waals surface area contributed by atoms with Crippen molar-refractivity contribution in [2.75, 3.05) is 26.8 Å². The molecule has 0 aliphatic carbocycles. The summed E-state index contributed by atoms with van der Waals surface area (Å²) in [6.07, 6.45) is 3.27. The summed E-state index contributed by atoms with van der Waals surface area (Å²) in [4.78, 5) is 25.4. The molecule has 0 saturated carbocycles. The van der Waals surface area contributed by atoms with Crippen LogP contribution < -0.4 is 5.43 Å². The van der Waals surface area contributed by atoms with Crippen LogP contribution in [0.25, 0.3) is 16.9 Å². The van der Waals surface area contributed by atoms with E-state index in [9.17, 15) is 9.59 Å². The summed E-state index contributed by atoms with van der Waals surface area (Å²) in [5, 5.41) is 7.51. The third-order valence-corrected chi connectivity index (χ3v) is 6.38. The van der Waals surface area contributed by atoms with Crippen molar-refractivity contribution >= 4 is 34.9 Å². The molecular formula is C25H26Cl2N4O3. The fraction of sp³-hybridized carbons (Fsp3) is 0.320. The second kappa shape index (κ2) is 10.7. The number of hydrogen-bond donors (Lipinski definition) is 1. The maximum Gasteiger partial charge on any atom is 0.286 e. The molecular weight excluding hydrogens is 475 g/mol. The molecule has 7 nitrogen and oxygen atoms in total. The zero-order valence-corrected chi connectivity index (χ0v) is 20.6. The summed E-state index contributed by atoms with van der Waals surface area (Å²) in [5.41, 5.74) is 6.65. The highest BCUT2D eigenvalue weighted by molar-refractivity contribution is 6.35. The lowest BCUT2D eigenvalue weighted by molar-refractivity contribution is 0.0743. The molecule has 3 aromatic rings. The van der Waals surface area contributed by atoms with Gasteiger partial charge in [0.05, 0.1) is 16.4 Å². The number of carbonyl (C=O) groups excluding carboxylic acids is 2. The van der Waals surface area contributed by atoms with Crippen molar-refractivity contribution in [3.05, 3.63) is 69.3 Å². The molecule has 0 radical (unpaired) electrons. The Morgan fingerprint density at radius 3 is 2.41 bits per heavy atom. The number of hydrazine groups is 1. The quantitative estimate of drug-likeness (QED) is 0.455. The summed E-state index contributed by atoms with van der Waals surface area (Å²) < 4.78 is 6.60. The van der Waals surface area contributed by atoms with Crippen molar-refractivity contribution < 1.29 is 14.3 Å². The topological polar surface area (TPSA) is 76.5 Å². The molecule has 0 atom stereocenters. The van der Waals surface area contributed by atoms with E-state index in [0.717, 1.165) is 31.5 Å². The zero-order chi connectivity index (χ0) is 24.2. The SMILES string of the molecule is COCC(=O)c1ccc(-c2c(C)c(C(=O)NN3CCCCC3)nn2-c2ccc(Cl)cc2Cl)cc1. The van der Waals surface area contributed by atoms with Gasteiger partial charge >= 0.3 is 0 Å². The third kappa shape index (κ3) is 5.18. The van der Waals surface area contributed by atoms with Crippen LogP contribution in [-0.4, -0.2) is 53.3 Å². The van der Waals surface area contributed by atoms with Gasteiger partial charge in [0.2, 0.25) is 0 Å². The molecule has 2 aromatic carbocycles. The molecule has 1 saturated heterocycles. The number of halogens is 2. The molecule has 4 rings (SSSR count). The molecule has 1 aromatic heterocycles. The first-order valence-corrected chi connectivity index (χ1v) is 11.9. The van der Waals surface area contributed by atoms with Gasteiger partial charge < -0.3 is 4.74 Å². The standard InChI is InChI=1S/C25H26Cl2N4O3/c1-16-23(25(33)29-30-12-4-3-5-13-30)28-31(21-11-10-19(26)14-20(21)27)24(16)18-8-6-17(7-9-18)22(32)15-34-2/h6-11,14H,3-5,12-13,15H2,1-2H3,(H,29,33). The van der Waals surface area contributed by atoms with Crippen LogP contribution in [0.4, 0.5) is 0 Å². The minimum absolute atomic E-state index is 0.0114. The van der Waals surface area contributed by atoms with Gasteiger partial charge in [-0.1, -0.05) is 53.9 Å². The van der Waals surface area contributed by atoms with Crippen molar-refractivity contribution in [2.45, 2.75) is 26.2 Å². The first-order chi connectivity index (χ1) is 16.4. The number of aromatic nitrogens is 2. The van der Waals surface area contributed by atoms with Gasteiger partial charge in [0.15, 0.2) is 11.5 Å². The Labute approximate surface area is 208 Å². The number of rotatable bonds is 7. The van der Waals surface area contributed by atoms with Crippen molar-refractivity contribution in [1.29, 1.82) is 0 Å². The predicted molar refractivity (Wildman–Crippen MR) is 133 cm³/mol. The molecule has 1 aliphatic heterocycles. The predicted octanol–water partition coefficient (Wildman–Crippen LogP) is 5.11. The average molecular weight is 501 g/mol. The first kappa shape index (κ1) is 24.4. The number of carbonyl (C=O) groups is 2. The molecule has 9 heteroatoms. The van der Waals surface area contributed by atoms with Crippen LogP contribution in [0.2, 0.25) is 10.0 Å². The van der Waals surface area contributed by atoms with Crippen LogP contribution in [0.5, 0.6) is 0 Å². The molecule has 0 bridgehead atoms. The number of hydrogen-bond acceptors (Lipinski definition) is 5. The molecule has 2 heterocycles. The summed E-state index contributed by atoms with van der Waals surface area (Å²) >= 11 is 12.6. The van der Waals surface area contributed by atoms with Gasteiger partial charge in [-0.15, -0.1) is 0 Å². The lowest BCUT2D eigenvalue weighted by Crippen LogP contribution is -2.45. The second-order valence-electron chi connectivity index (χ2n) is 8.25. The fourth-order valence-electron chi connectivity index (χ4n) is 4.11. The van der Waals surface area contributed by atoms with Crippen LogP contribution in [0.15, 0.2) is 42.5 Å². The molecule has 1 N–H and O–H groups in total. The first-order valence-electron chi connectivity index (χ1n) is 11.1. The number of ketones is 1. The van der Waals surface area contributed by atoms with Crippen LogP contribution >= 0.6 is 23.2 Å². The molecule has 1 fully saturated rings. The average Bonchev–Trinajstić information content (AvgIpc) is 3.17. The Hall–Kier alpha value is -2.71. The minimum atomic E-state index is -0.267. The molecule has 0 unspecified atom stereocenters. The van der Waals surface area contributed by atoms with E-state index in [1.807, 2.05) is 24.1 Å². The summed E-state index contributed by atoms with van der Waals surface area (Å²) in [7, 11) is 1.49.